The first-order chi connectivity index (χ1) is 6.89. The summed E-state index contributed by atoms with van der Waals surface area (Å²) < 4.78 is 5.13. The van der Waals surface area contributed by atoms with Crippen molar-refractivity contribution in [1.29, 1.82) is 0 Å². The molecule has 0 fully saturated rings. The molecule has 0 aliphatic carbocycles. The fraction of sp³-hybridized carbons (Fsp3) is 0.833. The number of hydrogen-bond acceptors (Lipinski definition) is 3. The molecule has 0 spiro atoms. The average Bonchev–Trinajstić information content (AvgIpc) is 2.09. The van der Waals surface area contributed by atoms with Crippen molar-refractivity contribution >= 4 is 12.2 Å². The predicted molar refractivity (Wildman–Crippen MR) is 63.3 cm³/mol. The van der Waals surface area contributed by atoms with Gasteiger partial charge in [-0.05, 0) is 39.5 Å². The quantitative estimate of drug-likeness (QED) is 0.520. The van der Waals surface area contributed by atoms with Gasteiger partial charge in [0.2, 0.25) is 0 Å². The molecule has 0 aliphatic heterocycles. The Bertz CT molecular complexity index is 212. The molecule has 0 N–H and O–H groups in total. The maximum absolute atomic E-state index is 11.3. The van der Waals surface area contributed by atoms with Crippen molar-refractivity contribution in [2.45, 2.75) is 53.1 Å². The Hall–Kier alpha value is -0.860. The van der Waals surface area contributed by atoms with E-state index in [-0.39, 0.29) is 12.5 Å². The van der Waals surface area contributed by atoms with Gasteiger partial charge in [0.25, 0.3) is 0 Å². The molecule has 3 heteroatoms. The summed E-state index contributed by atoms with van der Waals surface area (Å²) in [5, 5.41) is 0. The van der Waals surface area contributed by atoms with E-state index in [9.17, 15) is 4.79 Å². The first-order valence-electron chi connectivity index (χ1n) is 5.60. The Morgan fingerprint density at radius 3 is 2.27 bits per heavy atom. The Balaban J connectivity index is 3.90. The topological polar surface area (TPSA) is 38.7 Å². The average molecular weight is 213 g/mol. The van der Waals surface area contributed by atoms with E-state index in [2.05, 4.69) is 18.8 Å². The molecular weight excluding hydrogens is 190 g/mol. The van der Waals surface area contributed by atoms with Crippen molar-refractivity contribution in [3.05, 3.63) is 0 Å². The number of carbonyl (C=O) groups excluding carboxylic acids is 1. The molecule has 0 aliphatic rings. The van der Waals surface area contributed by atoms with Crippen LogP contribution >= 0.6 is 0 Å². The lowest BCUT2D eigenvalue weighted by atomic mass is 10.1. The zero-order valence-electron chi connectivity index (χ0n) is 10.5. The third-order valence-corrected chi connectivity index (χ3v) is 2.01. The summed E-state index contributed by atoms with van der Waals surface area (Å²) in [5.41, 5.74) is -0.415. The number of aliphatic imine (C=N–C) groups is 1. The van der Waals surface area contributed by atoms with Crippen molar-refractivity contribution in [3.8, 4) is 0 Å². The molecule has 0 unspecified atom stereocenters. The standard InChI is InChI=1S/C12H23NO2/c1-6-10(7-2)8-13-9-11(14)15-12(3,4)5/h8,10H,6-7,9H2,1-5H3. The number of nitrogens with zero attached hydrogens (tertiary/aromatic N) is 1. The molecule has 88 valence electrons. The lowest BCUT2D eigenvalue weighted by Crippen LogP contribution is -2.25. The molecule has 15 heavy (non-hydrogen) atoms. The second kappa shape index (κ2) is 6.59. The minimum atomic E-state index is -0.415. The van der Waals surface area contributed by atoms with Gasteiger partial charge in [0, 0.05) is 6.21 Å². The van der Waals surface area contributed by atoms with E-state index in [4.69, 9.17) is 4.74 Å². The third kappa shape index (κ3) is 8.16. The number of carbonyl (C=O) groups is 1. The highest BCUT2D eigenvalue weighted by Gasteiger charge is 2.15. The zero-order chi connectivity index (χ0) is 11.9. The first kappa shape index (κ1) is 14.1. The molecular formula is C12H23NO2. The van der Waals surface area contributed by atoms with E-state index in [0.29, 0.717) is 5.92 Å². The Morgan fingerprint density at radius 1 is 1.33 bits per heavy atom. The molecule has 0 aromatic carbocycles. The Kier molecular flexibility index (Phi) is 6.21. The number of hydrogen-bond donors (Lipinski definition) is 0. The smallest absolute Gasteiger partial charge is 0.328 e. The fourth-order valence-electron chi connectivity index (χ4n) is 1.15. The lowest BCUT2D eigenvalue weighted by Gasteiger charge is -2.18. The maximum atomic E-state index is 11.3. The summed E-state index contributed by atoms with van der Waals surface area (Å²) >= 11 is 0. The second-order valence-electron chi connectivity index (χ2n) is 4.65. The molecule has 0 saturated carbocycles. The molecule has 0 bridgehead atoms. The summed E-state index contributed by atoms with van der Waals surface area (Å²) in [5.74, 6) is 0.220. The van der Waals surface area contributed by atoms with E-state index >= 15 is 0 Å². The van der Waals surface area contributed by atoms with Crippen LogP contribution in [0.5, 0.6) is 0 Å². The van der Waals surface area contributed by atoms with Gasteiger partial charge in [-0.15, -0.1) is 0 Å². The SMILES string of the molecule is CCC(C=NCC(=O)OC(C)(C)C)CC. The number of rotatable bonds is 5. The highest BCUT2D eigenvalue weighted by atomic mass is 16.6. The largest absolute Gasteiger partial charge is 0.459 e. The van der Waals surface area contributed by atoms with E-state index in [1.807, 2.05) is 27.0 Å². The van der Waals surface area contributed by atoms with E-state index in [1.54, 1.807) is 0 Å². The summed E-state index contributed by atoms with van der Waals surface area (Å²) in [7, 11) is 0. The van der Waals surface area contributed by atoms with Gasteiger partial charge in [0.05, 0.1) is 0 Å². The van der Waals surface area contributed by atoms with Crippen LogP contribution < -0.4 is 0 Å². The summed E-state index contributed by atoms with van der Waals surface area (Å²) in [6.45, 7) is 9.94. The molecule has 0 aromatic heterocycles. The van der Waals surface area contributed by atoms with Crippen LogP contribution in [0, 0.1) is 5.92 Å². The van der Waals surface area contributed by atoms with Crippen molar-refractivity contribution < 1.29 is 9.53 Å². The van der Waals surface area contributed by atoms with Crippen molar-refractivity contribution in [2.75, 3.05) is 6.54 Å². The summed E-state index contributed by atoms with van der Waals surface area (Å²) in [6.07, 6.45) is 3.99. The minimum Gasteiger partial charge on any atom is -0.459 e. The molecule has 0 saturated heterocycles. The summed E-state index contributed by atoms with van der Waals surface area (Å²) in [6, 6.07) is 0. The summed E-state index contributed by atoms with van der Waals surface area (Å²) in [4.78, 5) is 15.4. The van der Waals surface area contributed by atoms with Crippen LogP contribution in [0.1, 0.15) is 47.5 Å². The van der Waals surface area contributed by atoms with Crippen molar-refractivity contribution in [1.82, 2.24) is 0 Å². The molecule has 0 radical (unpaired) electrons. The molecule has 0 heterocycles. The van der Waals surface area contributed by atoms with Crippen LogP contribution in [0.3, 0.4) is 0 Å². The van der Waals surface area contributed by atoms with Crippen LogP contribution in [0.25, 0.3) is 0 Å². The van der Waals surface area contributed by atoms with Crippen LogP contribution in [-0.4, -0.2) is 24.3 Å². The second-order valence-corrected chi connectivity index (χ2v) is 4.65. The van der Waals surface area contributed by atoms with Crippen LogP contribution in [0.2, 0.25) is 0 Å². The zero-order valence-corrected chi connectivity index (χ0v) is 10.5. The van der Waals surface area contributed by atoms with E-state index < -0.39 is 5.60 Å². The number of esters is 1. The number of ether oxygens (including phenoxy) is 1. The predicted octanol–water partition coefficient (Wildman–Crippen LogP) is 2.84. The van der Waals surface area contributed by atoms with Crippen LogP contribution in [0.15, 0.2) is 4.99 Å². The molecule has 3 nitrogen and oxygen atoms in total. The van der Waals surface area contributed by atoms with Gasteiger partial charge >= 0.3 is 5.97 Å². The third-order valence-electron chi connectivity index (χ3n) is 2.01. The van der Waals surface area contributed by atoms with Gasteiger partial charge in [-0.3, -0.25) is 9.79 Å². The fourth-order valence-corrected chi connectivity index (χ4v) is 1.15. The highest BCUT2D eigenvalue weighted by molar-refractivity contribution is 5.74. The van der Waals surface area contributed by atoms with Crippen LogP contribution in [-0.2, 0) is 9.53 Å². The molecule has 0 aromatic rings. The van der Waals surface area contributed by atoms with Gasteiger partial charge in [-0.25, -0.2) is 0 Å². The molecule has 0 rings (SSSR count). The van der Waals surface area contributed by atoms with Gasteiger partial charge in [0.15, 0.2) is 0 Å². The normalized spacial score (nSPS) is 12.4. The first-order valence-corrected chi connectivity index (χ1v) is 5.60. The Morgan fingerprint density at radius 2 is 1.87 bits per heavy atom. The molecule has 0 amide bonds. The molecule has 0 atom stereocenters. The van der Waals surface area contributed by atoms with Gasteiger partial charge in [-0.1, -0.05) is 13.8 Å². The van der Waals surface area contributed by atoms with Gasteiger partial charge in [-0.2, -0.15) is 0 Å². The minimum absolute atomic E-state index is 0.133. The van der Waals surface area contributed by atoms with Gasteiger partial charge < -0.3 is 4.74 Å². The maximum Gasteiger partial charge on any atom is 0.328 e. The van der Waals surface area contributed by atoms with Gasteiger partial charge in [0.1, 0.15) is 12.1 Å². The highest BCUT2D eigenvalue weighted by Crippen LogP contribution is 2.07. The Labute approximate surface area is 92.9 Å². The van der Waals surface area contributed by atoms with Crippen molar-refractivity contribution in [2.24, 2.45) is 10.9 Å². The van der Waals surface area contributed by atoms with Crippen LogP contribution in [0.4, 0.5) is 0 Å². The lowest BCUT2D eigenvalue weighted by molar-refractivity contribution is -0.152. The van der Waals surface area contributed by atoms with E-state index in [0.717, 1.165) is 12.8 Å². The van der Waals surface area contributed by atoms with Crippen molar-refractivity contribution in [3.63, 3.8) is 0 Å². The van der Waals surface area contributed by atoms with E-state index in [1.165, 1.54) is 0 Å². The monoisotopic (exact) mass is 213 g/mol.